The van der Waals surface area contributed by atoms with Crippen molar-refractivity contribution in [1.82, 2.24) is 19.7 Å². The molecule has 2 heterocycles. The summed E-state index contributed by atoms with van der Waals surface area (Å²) in [5.74, 6) is 1.14. The van der Waals surface area contributed by atoms with Gasteiger partial charge in [-0.3, -0.25) is 9.36 Å². The molecule has 0 atom stereocenters. The lowest BCUT2D eigenvalue weighted by atomic mass is 10.2. The highest BCUT2D eigenvalue weighted by atomic mass is 35.5. The van der Waals surface area contributed by atoms with Gasteiger partial charge in [0.25, 0.3) is 0 Å². The maximum Gasteiger partial charge on any atom is 0.233 e. The SMILES string of the molecule is C=CCn1c(SCC(=O)N2CCN(c3cccc(Cl)c3)CC2)nnc1-c1ccc(Cl)cc1. The zero-order chi connectivity index (χ0) is 22.5. The average Bonchev–Trinajstić information content (AvgIpc) is 3.21. The van der Waals surface area contributed by atoms with Crippen molar-refractivity contribution in [3.8, 4) is 11.4 Å². The Morgan fingerprint density at radius 2 is 1.78 bits per heavy atom. The number of aromatic nitrogens is 3. The van der Waals surface area contributed by atoms with E-state index in [9.17, 15) is 4.79 Å². The molecule has 4 rings (SSSR count). The van der Waals surface area contributed by atoms with Crippen LogP contribution in [0.3, 0.4) is 0 Å². The largest absolute Gasteiger partial charge is 0.368 e. The third-order valence-corrected chi connectivity index (χ3v) is 6.70. The van der Waals surface area contributed by atoms with Crippen LogP contribution in [0, 0.1) is 0 Å². The summed E-state index contributed by atoms with van der Waals surface area (Å²) < 4.78 is 1.96. The van der Waals surface area contributed by atoms with E-state index in [2.05, 4.69) is 21.7 Å². The number of amides is 1. The molecule has 1 saturated heterocycles. The second-order valence-electron chi connectivity index (χ2n) is 7.35. The summed E-state index contributed by atoms with van der Waals surface area (Å²) in [6.45, 7) is 7.32. The van der Waals surface area contributed by atoms with Crippen LogP contribution in [-0.4, -0.2) is 57.5 Å². The van der Waals surface area contributed by atoms with Crippen LogP contribution >= 0.6 is 35.0 Å². The second-order valence-corrected chi connectivity index (χ2v) is 9.16. The van der Waals surface area contributed by atoms with E-state index < -0.39 is 0 Å². The first-order valence-corrected chi connectivity index (χ1v) is 12.0. The van der Waals surface area contributed by atoms with Crippen LogP contribution in [-0.2, 0) is 11.3 Å². The van der Waals surface area contributed by atoms with Crippen LogP contribution < -0.4 is 4.90 Å². The number of carbonyl (C=O) groups is 1. The molecule has 0 bridgehead atoms. The molecule has 1 aromatic heterocycles. The van der Waals surface area contributed by atoms with Crippen LogP contribution in [0.25, 0.3) is 11.4 Å². The molecule has 0 N–H and O–H groups in total. The van der Waals surface area contributed by atoms with E-state index in [1.165, 1.54) is 11.8 Å². The monoisotopic (exact) mass is 487 g/mol. The minimum atomic E-state index is 0.0990. The zero-order valence-electron chi connectivity index (χ0n) is 17.5. The van der Waals surface area contributed by atoms with Crippen molar-refractivity contribution in [3.05, 3.63) is 71.2 Å². The number of allylic oxidation sites excluding steroid dienone is 1. The second kappa shape index (κ2) is 10.4. The summed E-state index contributed by atoms with van der Waals surface area (Å²) >= 11 is 13.5. The molecule has 0 unspecified atom stereocenters. The Balaban J connectivity index is 1.37. The summed E-state index contributed by atoms with van der Waals surface area (Å²) in [7, 11) is 0. The number of nitrogens with zero attached hydrogens (tertiary/aromatic N) is 5. The predicted octanol–water partition coefficient (Wildman–Crippen LogP) is 4.88. The number of piperazine rings is 1. The third-order valence-electron chi connectivity index (χ3n) is 5.26. The number of anilines is 1. The van der Waals surface area contributed by atoms with E-state index in [1.54, 1.807) is 6.08 Å². The molecule has 3 aromatic rings. The van der Waals surface area contributed by atoms with Crippen molar-refractivity contribution in [2.24, 2.45) is 0 Å². The van der Waals surface area contributed by atoms with Gasteiger partial charge in [-0.25, -0.2) is 0 Å². The van der Waals surface area contributed by atoms with Crippen molar-refractivity contribution in [3.63, 3.8) is 0 Å². The molecule has 1 fully saturated rings. The van der Waals surface area contributed by atoms with Crippen LogP contribution in [0.1, 0.15) is 0 Å². The number of rotatable bonds is 7. The maximum absolute atomic E-state index is 12.8. The van der Waals surface area contributed by atoms with E-state index in [-0.39, 0.29) is 5.91 Å². The Hall–Kier alpha value is -2.48. The summed E-state index contributed by atoms with van der Waals surface area (Å²) in [5, 5.41) is 10.7. The van der Waals surface area contributed by atoms with Crippen molar-refractivity contribution < 1.29 is 4.79 Å². The number of carbonyl (C=O) groups excluding carboxylic acids is 1. The van der Waals surface area contributed by atoms with E-state index in [0.717, 1.165) is 35.2 Å². The summed E-state index contributed by atoms with van der Waals surface area (Å²) in [4.78, 5) is 17.0. The molecule has 2 aromatic carbocycles. The third kappa shape index (κ3) is 5.28. The average molecular weight is 488 g/mol. The number of hydrogen-bond acceptors (Lipinski definition) is 5. The number of benzene rings is 2. The summed E-state index contributed by atoms with van der Waals surface area (Å²) in [6, 6.07) is 15.3. The summed E-state index contributed by atoms with van der Waals surface area (Å²) in [5.41, 5.74) is 2.00. The van der Waals surface area contributed by atoms with Gasteiger partial charge in [-0.1, -0.05) is 47.1 Å². The minimum Gasteiger partial charge on any atom is -0.368 e. The Bertz CT molecular complexity index is 1090. The zero-order valence-corrected chi connectivity index (χ0v) is 19.8. The molecule has 0 spiro atoms. The molecule has 6 nitrogen and oxygen atoms in total. The first-order chi connectivity index (χ1) is 15.5. The fourth-order valence-electron chi connectivity index (χ4n) is 3.61. The lowest BCUT2D eigenvalue weighted by Crippen LogP contribution is -2.49. The first-order valence-electron chi connectivity index (χ1n) is 10.3. The van der Waals surface area contributed by atoms with Crippen molar-refractivity contribution in [2.75, 3.05) is 36.8 Å². The molecular formula is C23H23Cl2N5OS. The lowest BCUT2D eigenvalue weighted by Gasteiger charge is -2.36. The molecule has 0 radical (unpaired) electrons. The van der Waals surface area contributed by atoms with Gasteiger partial charge >= 0.3 is 0 Å². The Labute approximate surface area is 201 Å². The highest BCUT2D eigenvalue weighted by Crippen LogP contribution is 2.26. The molecule has 1 aliphatic rings. The molecule has 9 heteroatoms. The van der Waals surface area contributed by atoms with Crippen molar-refractivity contribution >= 4 is 46.6 Å². The van der Waals surface area contributed by atoms with Gasteiger partial charge in [-0.15, -0.1) is 16.8 Å². The Kier molecular flexibility index (Phi) is 7.40. The fourth-order valence-corrected chi connectivity index (χ4v) is 4.77. The minimum absolute atomic E-state index is 0.0990. The van der Waals surface area contributed by atoms with Gasteiger partial charge < -0.3 is 9.80 Å². The molecule has 166 valence electrons. The smallest absolute Gasteiger partial charge is 0.233 e. The van der Waals surface area contributed by atoms with Crippen molar-refractivity contribution in [2.45, 2.75) is 11.7 Å². The van der Waals surface area contributed by atoms with E-state index in [0.29, 0.717) is 35.6 Å². The highest BCUT2D eigenvalue weighted by Gasteiger charge is 2.22. The molecule has 0 aliphatic carbocycles. The topological polar surface area (TPSA) is 54.3 Å². The van der Waals surface area contributed by atoms with Gasteiger partial charge in [0.2, 0.25) is 5.91 Å². The first kappa shape index (κ1) is 22.7. The van der Waals surface area contributed by atoms with E-state index in [4.69, 9.17) is 23.2 Å². The maximum atomic E-state index is 12.8. The van der Waals surface area contributed by atoms with Gasteiger partial charge in [0.1, 0.15) is 0 Å². The number of hydrogen-bond donors (Lipinski definition) is 0. The number of halogens is 2. The molecular weight excluding hydrogens is 465 g/mol. The van der Waals surface area contributed by atoms with Gasteiger partial charge in [0, 0.05) is 54.0 Å². The highest BCUT2D eigenvalue weighted by molar-refractivity contribution is 7.99. The quantitative estimate of drug-likeness (QED) is 0.351. The van der Waals surface area contributed by atoms with Gasteiger partial charge in [-0.05, 0) is 42.5 Å². The Morgan fingerprint density at radius 3 is 2.47 bits per heavy atom. The van der Waals surface area contributed by atoms with Crippen LogP contribution in [0.15, 0.2) is 66.3 Å². The van der Waals surface area contributed by atoms with Crippen LogP contribution in [0.5, 0.6) is 0 Å². The van der Waals surface area contributed by atoms with Gasteiger partial charge in [-0.2, -0.15) is 0 Å². The number of thioether (sulfide) groups is 1. The molecule has 1 aliphatic heterocycles. The van der Waals surface area contributed by atoms with Crippen LogP contribution in [0.2, 0.25) is 10.0 Å². The molecule has 32 heavy (non-hydrogen) atoms. The molecule has 0 saturated carbocycles. The van der Waals surface area contributed by atoms with Gasteiger partial charge in [0.05, 0.1) is 5.75 Å². The Morgan fingerprint density at radius 1 is 1.03 bits per heavy atom. The van der Waals surface area contributed by atoms with E-state index >= 15 is 0 Å². The van der Waals surface area contributed by atoms with Crippen molar-refractivity contribution in [1.29, 1.82) is 0 Å². The fraction of sp³-hybridized carbons (Fsp3) is 0.261. The normalized spacial score (nSPS) is 13.9. The molecule has 1 amide bonds. The predicted molar refractivity (Wildman–Crippen MR) is 132 cm³/mol. The van der Waals surface area contributed by atoms with Gasteiger partial charge in [0.15, 0.2) is 11.0 Å². The van der Waals surface area contributed by atoms with Crippen LogP contribution in [0.4, 0.5) is 5.69 Å². The lowest BCUT2D eigenvalue weighted by molar-refractivity contribution is -0.128. The summed E-state index contributed by atoms with van der Waals surface area (Å²) in [6.07, 6.45) is 1.80. The van der Waals surface area contributed by atoms with E-state index in [1.807, 2.05) is 58.0 Å². The standard InChI is InChI=1S/C23H23Cl2N5OS/c1-2-10-30-22(17-6-8-18(24)9-7-17)26-27-23(30)32-16-21(31)29-13-11-28(12-14-29)20-5-3-4-19(25)15-20/h2-9,15H,1,10-14,16H2.